The van der Waals surface area contributed by atoms with E-state index < -0.39 is 20.0 Å². The maximum absolute atomic E-state index is 13.0. The number of phosphoric ester groups is 1. The molecule has 0 rings (SSSR count). The first-order valence-corrected chi connectivity index (χ1v) is 35.0. The topological polar surface area (TPSA) is 108 Å². The Labute approximate surface area is 469 Å². The highest BCUT2D eigenvalue weighted by Gasteiger charge is 2.24. The smallest absolute Gasteiger partial charge is 0.268 e. The monoisotopic (exact) mass is 1080 g/mol. The van der Waals surface area contributed by atoms with Gasteiger partial charge in [0.1, 0.15) is 13.2 Å². The van der Waals surface area contributed by atoms with Crippen LogP contribution in [0.2, 0.25) is 0 Å². The van der Waals surface area contributed by atoms with E-state index in [1.54, 1.807) is 0 Å². The molecule has 0 aromatic heterocycles. The van der Waals surface area contributed by atoms with Crippen LogP contribution < -0.4 is 10.2 Å². The minimum absolute atomic E-state index is 0.0159. The number of nitrogens with one attached hydrogen (secondary N) is 1. The van der Waals surface area contributed by atoms with Gasteiger partial charge in [-0.2, -0.15) is 0 Å². The van der Waals surface area contributed by atoms with E-state index in [1.807, 2.05) is 21.1 Å². The lowest BCUT2D eigenvalue weighted by Gasteiger charge is -2.30. The number of phosphoric acid groups is 1. The third-order valence-electron chi connectivity index (χ3n) is 15.8. The lowest BCUT2D eigenvalue weighted by atomic mass is 10.0. The van der Waals surface area contributed by atoms with Crippen molar-refractivity contribution < 1.29 is 32.9 Å². The minimum Gasteiger partial charge on any atom is -0.756 e. The largest absolute Gasteiger partial charge is 0.756 e. The number of unbranched alkanes of at least 4 members (excludes halogenated alkanes) is 48. The van der Waals surface area contributed by atoms with Crippen molar-refractivity contribution in [2.24, 2.45) is 0 Å². The molecule has 0 aliphatic heterocycles. The molecule has 3 atom stereocenters. The highest BCUT2D eigenvalue weighted by Crippen LogP contribution is 2.38. The molecule has 0 radical (unpaired) electrons. The van der Waals surface area contributed by atoms with Crippen LogP contribution in [-0.4, -0.2) is 68.5 Å². The maximum atomic E-state index is 13.0. The van der Waals surface area contributed by atoms with Crippen LogP contribution in [0.15, 0.2) is 12.2 Å². The molecule has 0 aliphatic rings. The summed E-state index contributed by atoms with van der Waals surface area (Å²) in [6.07, 6.45) is 72.8. The Morgan fingerprint density at radius 3 is 1.04 bits per heavy atom. The number of amides is 1. The first-order valence-electron chi connectivity index (χ1n) is 33.5. The number of rotatable bonds is 63. The normalized spacial score (nSPS) is 13.7. The zero-order valence-corrected chi connectivity index (χ0v) is 52.2. The highest BCUT2D eigenvalue weighted by molar-refractivity contribution is 7.45. The van der Waals surface area contributed by atoms with Crippen LogP contribution in [0.3, 0.4) is 0 Å². The van der Waals surface area contributed by atoms with Crippen LogP contribution in [0.5, 0.6) is 0 Å². The van der Waals surface area contributed by atoms with Crippen molar-refractivity contribution >= 4 is 13.7 Å². The predicted molar refractivity (Wildman–Crippen MR) is 326 cm³/mol. The molecule has 0 bridgehead atoms. The predicted octanol–water partition coefficient (Wildman–Crippen LogP) is 20.3. The number of nitrogens with zero attached hydrogens (tertiary/aromatic N) is 1. The van der Waals surface area contributed by atoms with Gasteiger partial charge in [-0.3, -0.25) is 9.36 Å². The van der Waals surface area contributed by atoms with E-state index in [-0.39, 0.29) is 19.1 Å². The summed E-state index contributed by atoms with van der Waals surface area (Å²) < 4.78 is 23.5. The Bertz CT molecular complexity index is 1230. The van der Waals surface area contributed by atoms with E-state index in [0.717, 1.165) is 38.5 Å². The Morgan fingerprint density at radius 1 is 0.453 bits per heavy atom. The zero-order valence-electron chi connectivity index (χ0n) is 51.3. The number of allylic oxidation sites excluding steroid dienone is 2. The van der Waals surface area contributed by atoms with Crippen LogP contribution in [-0.2, 0) is 18.4 Å². The SMILES string of the molecule is CCCCCCCCCC/C=C\CCCCCCCCCCCCCCCCCCCCCCCC(=O)NC(COP(=O)([O-])OCC[N+](C)(C)C)C(O)CCCCCCCCCCCCCCCCCCCCCC. The van der Waals surface area contributed by atoms with Crippen molar-refractivity contribution in [1.29, 1.82) is 0 Å². The third kappa shape index (κ3) is 60.7. The Kier molecular flexibility index (Phi) is 57.3. The third-order valence-corrected chi connectivity index (χ3v) is 16.7. The molecule has 0 aromatic carbocycles. The second-order valence-electron chi connectivity index (χ2n) is 24.5. The van der Waals surface area contributed by atoms with Crippen molar-refractivity contribution in [3.8, 4) is 0 Å². The summed E-state index contributed by atoms with van der Waals surface area (Å²) in [7, 11) is 1.33. The van der Waals surface area contributed by atoms with Crippen LogP contribution in [0.4, 0.5) is 0 Å². The molecule has 0 saturated carbocycles. The van der Waals surface area contributed by atoms with E-state index >= 15 is 0 Å². The number of aliphatic hydroxyl groups is 1. The number of quaternary nitrogens is 1. The summed E-state index contributed by atoms with van der Waals surface area (Å²) in [5.74, 6) is -0.156. The van der Waals surface area contributed by atoms with Gasteiger partial charge in [0.15, 0.2) is 0 Å². The van der Waals surface area contributed by atoms with Gasteiger partial charge in [0.05, 0.1) is 39.9 Å². The summed E-state index contributed by atoms with van der Waals surface area (Å²) in [6, 6.07) is -0.797. The van der Waals surface area contributed by atoms with Crippen molar-refractivity contribution in [1.82, 2.24) is 5.32 Å². The van der Waals surface area contributed by atoms with E-state index in [1.165, 1.54) is 289 Å². The summed E-state index contributed by atoms with van der Waals surface area (Å²) in [4.78, 5) is 25.6. The van der Waals surface area contributed by atoms with Gasteiger partial charge in [0.25, 0.3) is 7.82 Å². The molecular weight excluding hydrogens is 948 g/mol. The molecular formula is C66H133N2O6P. The van der Waals surface area contributed by atoms with Gasteiger partial charge in [-0.1, -0.05) is 321 Å². The van der Waals surface area contributed by atoms with E-state index in [9.17, 15) is 19.4 Å². The Hall–Kier alpha value is -0.760. The molecule has 9 heteroatoms. The first kappa shape index (κ1) is 74.2. The maximum Gasteiger partial charge on any atom is 0.268 e. The van der Waals surface area contributed by atoms with E-state index in [4.69, 9.17) is 9.05 Å². The van der Waals surface area contributed by atoms with Crippen LogP contribution >= 0.6 is 7.82 Å². The highest BCUT2D eigenvalue weighted by atomic mass is 31.2. The van der Waals surface area contributed by atoms with Crippen LogP contribution in [0.1, 0.15) is 354 Å². The second kappa shape index (κ2) is 57.9. The van der Waals surface area contributed by atoms with Crippen molar-refractivity contribution in [2.75, 3.05) is 40.9 Å². The summed E-state index contributed by atoms with van der Waals surface area (Å²) in [5, 5.41) is 14.1. The van der Waals surface area contributed by atoms with Crippen molar-refractivity contribution in [3.05, 3.63) is 12.2 Å². The average molecular weight is 1080 g/mol. The molecule has 75 heavy (non-hydrogen) atoms. The standard InChI is InChI=1S/C66H133N2O6P/c1-6-8-10-12-14-16-18-20-22-24-26-28-29-30-31-32-33-34-35-36-37-38-39-40-42-44-46-48-50-52-54-56-58-60-66(70)67-64(63-74-75(71,72)73-62-61-68(3,4)5)65(69)59-57-55-53-51-49-47-45-43-41-27-25-23-21-19-17-15-13-11-9-7-2/h24,26,64-65,69H,6-23,25,27-63H2,1-5H3,(H-,67,70,71,72)/b26-24-. The fraction of sp³-hybridized carbons (Fsp3) is 0.955. The molecule has 2 N–H and O–H groups in total. The van der Waals surface area contributed by atoms with E-state index in [2.05, 4.69) is 31.3 Å². The molecule has 0 spiro atoms. The average Bonchev–Trinajstić information content (AvgIpc) is 3.37. The van der Waals surface area contributed by atoms with Gasteiger partial charge in [0, 0.05) is 6.42 Å². The number of carbonyl (C=O) groups excluding carboxylic acids is 1. The summed E-state index contributed by atoms with van der Waals surface area (Å²) >= 11 is 0. The molecule has 0 saturated heterocycles. The Balaban J connectivity index is 3.97. The van der Waals surface area contributed by atoms with Gasteiger partial charge in [0.2, 0.25) is 5.91 Å². The molecule has 3 unspecified atom stereocenters. The van der Waals surface area contributed by atoms with Crippen LogP contribution in [0, 0.1) is 0 Å². The minimum atomic E-state index is -4.57. The number of likely N-dealkylation sites (N-methyl/N-ethyl adjacent to an activating group) is 1. The number of hydrogen-bond acceptors (Lipinski definition) is 6. The molecule has 0 fully saturated rings. The number of aliphatic hydroxyl groups excluding tert-OH is 1. The van der Waals surface area contributed by atoms with Gasteiger partial charge in [-0.05, 0) is 38.5 Å². The van der Waals surface area contributed by atoms with Gasteiger partial charge in [-0.25, -0.2) is 0 Å². The molecule has 8 nitrogen and oxygen atoms in total. The van der Waals surface area contributed by atoms with Crippen molar-refractivity contribution in [2.45, 2.75) is 366 Å². The van der Waals surface area contributed by atoms with Gasteiger partial charge in [-0.15, -0.1) is 0 Å². The number of hydrogen-bond donors (Lipinski definition) is 2. The van der Waals surface area contributed by atoms with E-state index in [0.29, 0.717) is 23.9 Å². The molecule has 0 aromatic rings. The molecule has 0 aliphatic carbocycles. The molecule has 0 heterocycles. The molecule has 1 amide bonds. The van der Waals surface area contributed by atoms with Gasteiger partial charge >= 0.3 is 0 Å². The lowest BCUT2D eigenvalue weighted by molar-refractivity contribution is -0.870. The Morgan fingerprint density at radius 2 is 0.733 bits per heavy atom. The van der Waals surface area contributed by atoms with Crippen LogP contribution in [0.25, 0.3) is 0 Å². The lowest BCUT2D eigenvalue weighted by Crippen LogP contribution is -2.46. The van der Waals surface area contributed by atoms with Crippen molar-refractivity contribution in [3.63, 3.8) is 0 Å². The quantitative estimate of drug-likeness (QED) is 0.0272. The summed E-state index contributed by atoms with van der Waals surface area (Å²) in [6.45, 7) is 4.78. The first-order chi connectivity index (χ1) is 36.5. The summed E-state index contributed by atoms with van der Waals surface area (Å²) in [5.41, 5.74) is 0. The fourth-order valence-corrected chi connectivity index (χ4v) is 11.2. The number of carbonyl (C=O) groups is 1. The second-order valence-corrected chi connectivity index (χ2v) is 25.9. The molecule has 448 valence electrons. The fourth-order valence-electron chi connectivity index (χ4n) is 10.5. The zero-order chi connectivity index (χ0) is 54.9. The van der Waals surface area contributed by atoms with Gasteiger partial charge < -0.3 is 28.8 Å².